The molecule has 0 aromatic heterocycles. The Morgan fingerprint density at radius 2 is 1.88 bits per heavy atom. The van der Waals surface area contributed by atoms with Crippen molar-refractivity contribution in [1.29, 1.82) is 0 Å². The summed E-state index contributed by atoms with van der Waals surface area (Å²) >= 11 is 0. The number of rotatable bonds is 9. The molecule has 0 radical (unpaired) electrons. The van der Waals surface area contributed by atoms with Crippen LogP contribution in [0.15, 0.2) is 30.9 Å². The number of hydrogen-bond donors (Lipinski definition) is 0. The summed E-state index contributed by atoms with van der Waals surface area (Å²) in [4.78, 5) is 14.7. The van der Waals surface area contributed by atoms with Crippen LogP contribution in [0.25, 0.3) is 0 Å². The highest BCUT2D eigenvalue weighted by Crippen LogP contribution is 2.29. The number of likely N-dealkylation sites (tertiary alicyclic amines) is 1. The zero-order chi connectivity index (χ0) is 18.1. The van der Waals surface area contributed by atoms with Crippen LogP contribution in [-0.2, 0) is 4.74 Å². The van der Waals surface area contributed by atoms with Gasteiger partial charge in [-0.25, -0.2) is 0 Å². The number of piperidine rings is 1. The molecule has 0 saturated carbocycles. The molecule has 1 aliphatic rings. The van der Waals surface area contributed by atoms with Crippen molar-refractivity contribution in [2.45, 2.75) is 26.7 Å². The first-order valence-corrected chi connectivity index (χ1v) is 9.07. The molecule has 0 bridgehead atoms. The molecular formula is C20H29NO4. The maximum atomic E-state index is 12.8. The van der Waals surface area contributed by atoms with Crippen molar-refractivity contribution >= 4 is 5.91 Å². The highest BCUT2D eigenvalue weighted by molar-refractivity contribution is 5.95. The topological polar surface area (TPSA) is 48.0 Å². The van der Waals surface area contributed by atoms with Crippen molar-refractivity contribution in [3.8, 4) is 11.5 Å². The van der Waals surface area contributed by atoms with Gasteiger partial charge in [0.25, 0.3) is 5.91 Å². The van der Waals surface area contributed by atoms with Gasteiger partial charge in [0.1, 0.15) is 0 Å². The summed E-state index contributed by atoms with van der Waals surface area (Å²) in [6, 6.07) is 5.42. The van der Waals surface area contributed by atoms with Gasteiger partial charge in [-0.1, -0.05) is 6.08 Å². The molecule has 5 heteroatoms. The summed E-state index contributed by atoms with van der Waals surface area (Å²) in [6.07, 6.45) is 3.71. The van der Waals surface area contributed by atoms with E-state index in [9.17, 15) is 4.79 Å². The summed E-state index contributed by atoms with van der Waals surface area (Å²) in [5, 5.41) is 0. The minimum atomic E-state index is 0.0504. The molecule has 1 aliphatic heterocycles. The monoisotopic (exact) mass is 347 g/mol. The molecule has 0 aliphatic carbocycles. The third-order valence-electron chi connectivity index (χ3n) is 4.28. The first kappa shape index (κ1) is 19.3. The lowest BCUT2D eigenvalue weighted by Crippen LogP contribution is -2.39. The summed E-state index contributed by atoms with van der Waals surface area (Å²) in [6.45, 7) is 11.5. The number of carbonyl (C=O) groups is 1. The summed E-state index contributed by atoms with van der Waals surface area (Å²) in [5.74, 6) is 1.87. The second-order valence-electron chi connectivity index (χ2n) is 6.09. The normalized spacial score (nSPS) is 15.0. The summed E-state index contributed by atoms with van der Waals surface area (Å²) in [5.41, 5.74) is 0.647. The fourth-order valence-electron chi connectivity index (χ4n) is 2.99. The van der Waals surface area contributed by atoms with Crippen LogP contribution in [0.4, 0.5) is 0 Å². The molecule has 0 spiro atoms. The van der Waals surface area contributed by atoms with E-state index in [1.807, 2.05) is 30.9 Å². The number of ether oxygens (including phenoxy) is 3. The Morgan fingerprint density at radius 3 is 2.52 bits per heavy atom. The number of carbonyl (C=O) groups excluding carboxylic acids is 1. The van der Waals surface area contributed by atoms with Gasteiger partial charge >= 0.3 is 0 Å². The first-order chi connectivity index (χ1) is 12.2. The Bertz CT molecular complexity index is 565. The Hall–Kier alpha value is -2.01. The van der Waals surface area contributed by atoms with E-state index in [1.165, 1.54) is 0 Å². The highest BCUT2D eigenvalue weighted by atomic mass is 16.5. The van der Waals surface area contributed by atoms with Crippen molar-refractivity contribution in [3.63, 3.8) is 0 Å². The van der Waals surface area contributed by atoms with Crippen LogP contribution in [0.1, 0.15) is 37.0 Å². The van der Waals surface area contributed by atoms with E-state index in [4.69, 9.17) is 14.2 Å². The van der Waals surface area contributed by atoms with E-state index in [2.05, 4.69) is 6.58 Å². The number of amides is 1. The Labute approximate surface area is 150 Å². The lowest BCUT2D eigenvalue weighted by atomic mass is 9.97. The van der Waals surface area contributed by atoms with Gasteiger partial charge in [0.2, 0.25) is 0 Å². The number of hydrogen-bond acceptors (Lipinski definition) is 4. The molecular weight excluding hydrogens is 318 g/mol. The summed E-state index contributed by atoms with van der Waals surface area (Å²) < 4.78 is 16.7. The van der Waals surface area contributed by atoms with Gasteiger partial charge in [0.15, 0.2) is 11.5 Å². The molecule has 1 aromatic rings. The average Bonchev–Trinajstić information content (AvgIpc) is 2.64. The van der Waals surface area contributed by atoms with Gasteiger partial charge in [-0.15, -0.1) is 6.58 Å². The van der Waals surface area contributed by atoms with Gasteiger partial charge in [0, 0.05) is 25.3 Å². The van der Waals surface area contributed by atoms with Gasteiger partial charge in [-0.2, -0.15) is 0 Å². The second-order valence-corrected chi connectivity index (χ2v) is 6.09. The Kier molecular flexibility index (Phi) is 7.79. The van der Waals surface area contributed by atoms with Crippen LogP contribution in [0, 0.1) is 5.92 Å². The molecule has 2 rings (SSSR count). The Morgan fingerprint density at radius 1 is 1.20 bits per heavy atom. The van der Waals surface area contributed by atoms with E-state index >= 15 is 0 Å². The first-order valence-electron chi connectivity index (χ1n) is 9.07. The molecule has 1 saturated heterocycles. The maximum Gasteiger partial charge on any atom is 0.253 e. The highest BCUT2D eigenvalue weighted by Gasteiger charge is 2.24. The molecule has 5 nitrogen and oxygen atoms in total. The molecule has 25 heavy (non-hydrogen) atoms. The van der Waals surface area contributed by atoms with Crippen LogP contribution in [-0.4, -0.2) is 50.3 Å². The van der Waals surface area contributed by atoms with E-state index in [0.29, 0.717) is 42.8 Å². The van der Waals surface area contributed by atoms with Crippen molar-refractivity contribution in [2.24, 2.45) is 5.92 Å². The summed E-state index contributed by atoms with van der Waals surface area (Å²) in [7, 11) is 0. The van der Waals surface area contributed by atoms with Gasteiger partial charge < -0.3 is 19.1 Å². The zero-order valence-electron chi connectivity index (χ0n) is 15.3. The fourth-order valence-corrected chi connectivity index (χ4v) is 2.99. The minimum Gasteiger partial charge on any atom is -0.490 e. The third-order valence-corrected chi connectivity index (χ3v) is 4.28. The molecule has 1 aromatic carbocycles. The minimum absolute atomic E-state index is 0.0504. The predicted molar refractivity (Wildman–Crippen MR) is 98.4 cm³/mol. The van der Waals surface area contributed by atoms with E-state index in [1.54, 1.807) is 12.1 Å². The van der Waals surface area contributed by atoms with E-state index in [0.717, 1.165) is 32.5 Å². The van der Waals surface area contributed by atoms with Crippen LogP contribution >= 0.6 is 0 Å². The number of benzene rings is 1. The van der Waals surface area contributed by atoms with Gasteiger partial charge in [0.05, 0.1) is 19.8 Å². The average molecular weight is 347 g/mol. The van der Waals surface area contributed by atoms with Crippen molar-refractivity contribution in [2.75, 3.05) is 39.5 Å². The SMILES string of the molecule is C=CCOCC1CCN(C(=O)c2ccc(OCC)c(OCC)c2)CC1. The molecule has 0 atom stereocenters. The van der Waals surface area contributed by atoms with Crippen molar-refractivity contribution in [1.82, 2.24) is 4.90 Å². The lowest BCUT2D eigenvalue weighted by Gasteiger charge is -2.32. The molecule has 0 unspecified atom stereocenters. The van der Waals surface area contributed by atoms with E-state index in [-0.39, 0.29) is 5.91 Å². The molecule has 1 amide bonds. The molecule has 0 N–H and O–H groups in total. The Balaban J connectivity index is 1.96. The van der Waals surface area contributed by atoms with Crippen LogP contribution in [0.5, 0.6) is 11.5 Å². The standard InChI is InChI=1S/C20H29NO4/c1-4-13-23-15-16-9-11-21(12-10-16)20(22)17-7-8-18(24-5-2)19(14-17)25-6-3/h4,7-8,14,16H,1,5-6,9-13,15H2,2-3H3. The van der Waals surface area contributed by atoms with Crippen LogP contribution in [0.2, 0.25) is 0 Å². The smallest absolute Gasteiger partial charge is 0.253 e. The van der Waals surface area contributed by atoms with Crippen LogP contribution in [0.3, 0.4) is 0 Å². The van der Waals surface area contributed by atoms with Crippen molar-refractivity contribution in [3.05, 3.63) is 36.4 Å². The third kappa shape index (κ3) is 5.49. The fraction of sp³-hybridized carbons (Fsp3) is 0.550. The molecule has 138 valence electrons. The zero-order valence-corrected chi connectivity index (χ0v) is 15.3. The quantitative estimate of drug-likeness (QED) is 0.506. The molecule has 1 fully saturated rings. The van der Waals surface area contributed by atoms with Crippen LogP contribution < -0.4 is 9.47 Å². The van der Waals surface area contributed by atoms with Gasteiger partial charge in [-0.3, -0.25) is 4.79 Å². The van der Waals surface area contributed by atoms with E-state index < -0.39 is 0 Å². The predicted octanol–water partition coefficient (Wildman–Crippen LogP) is 3.54. The second kappa shape index (κ2) is 10.1. The lowest BCUT2D eigenvalue weighted by molar-refractivity contribution is 0.0575. The molecule has 1 heterocycles. The van der Waals surface area contributed by atoms with Gasteiger partial charge in [-0.05, 0) is 50.8 Å². The maximum absolute atomic E-state index is 12.8. The number of nitrogens with zero attached hydrogens (tertiary/aromatic N) is 1. The van der Waals surface area contributed by atoms with Crippen molar-refractivity contribution < 1.29 is 19.0 Å². The largest absolute Gasteiger partial charge is 0.490 e.